The van der Waals surface area contributed by atoms with Crippen molar-refractivity contribution in [1.82, 2.24) is 20.6 Å². The molecule has 0 unspecified atom stereocenters. The fraction of sp³-hybridized carbons (Fsp3) is 0.304. The van der Waals surface area contributed by atoms with E-state index in [1.54, 1.807) is 19.2 Å². The Morgan fingerprint density at radius 2 is 1.97 bits per heavy atom. The zero-order valence-electron chi connectivity index (χ0n) is 17.9. The van der Waals surface area contributed by atoms with Crippen LogP contribution >= 0.6 is 22.9 Å². The van der Waals surface area contributed by atoms with Crippen molar-refractivity contribution in [2.45, 2.75) is 38.0 Å². The summed E-state index contributed by atoms with van der Waals surface area (Å²) in [5.74, 6) is 1.87. The number of carbonyl (C=O) groups excluding carboxylic acids is 1. The molecule has 4 aromatic rings. The molecule has 1 saturated carbocycles. The number of aromatic amines is 1. The molecule has 0 bridgehead atoms. The van der Waals surface area contributed by atoms with E-state index in [1.807, 2.05) is 12.1 Å². The lowest BCUT2D eigenvalue weighted by Gasteiger charge is -2.22. The Balaban J connectivity index is 1.50. The van der Waals surface area contributed by atoms with Crippen LogP contribution in [0.1, 0.15) is 53.3 Å². The number of carbonyl (C=O) groups is 1. The first-order chi connectivity index (χ1) is 16.1. The lowest BCUT2D eigenvalue weighted by atomic mass is 9.84. The first-order valence-electron chi connectivity index (χ1n) is 10.7. The van der Waals surface area contributed by atoms with Crippen molar-refractivity contribution < 1.29 is 14.3 Å². The van der Waals surface area contributed by atoms with Gasteiger partial charge in [-0.15, -0.1) is 16.4 Å². The number of hydrogen-bond donors (Lipinski definition) is 2. The number of tetrazole rings is 1. The van der Waals surface area contributed by atoms with Crippen LogP contribution in [-0.4, -0.2) is 33.6 Å². The maximum Gasteiger partial charge on any atom is 0.272 e. The van der Waals surface area contributed by atoms with Crippen LogP contribution < -0.4 is 14.8 Å². The summed E-state index contributed by atoms with van der Waals surface area (Å²) in [5.41, 5.74) is 1.33. The summed E-state index contributed by atoms with van der Waals surface area (Å²) in [6, 6.07) is 11.7. The number of amides is 1. The number of methoxy groups -OCH3 is 1. The van der Waals surface area contributed by atoms with E-state index >= 15 is 0 Å². The van der Waals surface area contributed by atoms with E-state index < -0.39 is 5.91 Å². The highest BCUT2D eigenvalue weighted by molar-refractivity contribution is 7.21. The largest absolute Gasteiger partial charge is 0.495 e. The summed E-state index contributed by atoms with van der Waals surface area (Å²) in [5, 5.41) is 17.2. The summed E-state index contributed by atoms with van der Waals surface area (Å²) in [6.45, 7) is 0. The quantitative estimate of drug-likeness (QED) is 0.340. The van der Waals surface area contributed by atoms with E-state index in [1.165, 1.54) is 49.0 Å². The number of nitrogens with one attached hydrogen (secondary N) is 2. The number of ether oxygens (including phenoxy) is 2. The molecule has 0 saturated heterocycles. The van der Waals surface area contributed by atoms with E-state index in [9.17, 15) is 4.79 Å². The van der Waals surface area contributed by atoms with Crippen molar-refractivity contribution >= 4 is 44.9 Å². The minimum Gasteiger partial charge on any atom is -0.495 e. The lowest BCUT2D eigenvalue weighted by molar-refractivity contribution is 0.102. The second-order valence-electron chi connectivity index (χ2n) is 7.94. The number of H-pyrrole nitrogens is 1. The monoisotopic (exact) mass is 483 g/mol. The molecular weight excluding hydrogens is 462 g/mol. The van der Waals surface area contributed by atoms with Crippen LogP contribution in [0.15, 0.2) is 36.4 Å². The summed E-state index contributed by atoms with van der Waals surface area (Å²) in [6.07, 6.45) is 6.36. The van der Waals surface area contributed by atoms with Gasteiger partial charge in [0.05, 0.1) is 12.1 Å². The van der Waals surface area contributed by atoms with Gasteiger partial charge in [-0.05, 0) is 53.8 Å². The molecule has 2 aromatic carbocycles. The van der Waals surface area contributed by atoms with Crippen molar-refractivity contribution in [2.24, 2.45) is 0 Å². The van der Waals surface area contributed by atoms with Crippen LogP contribution in [-0.2, 0) is 0 Å². The van der Waals surface area contributed by atoms with E-state index in [0.29, 0.717) is 33.1 Å². The van der Waals surface area contributed by atoms with Crippen LogP contribution in [0.5, 0.6) is 17.2 Å². The second kappa shape index (κ2) is 9.36. The molecule has 8 nitrogen and oxygen atoms in total. The van der Waals surface area contributed by atoms with Gasteiger partial charge in [0, 0.05) is 10.1 Å². The highest BCUT2D eigenvalue weighted by Crippen LogP contribution is 2.44. The third kappa shape index (κ3) is 4.51. The van der Waals surface area contributed by atoms with Gasteiger partial charge in [0.15, 0.2) is 5.75 Å². The van der Waals surface area contributed by atoms with Gasteiger partial charge in [0.2, 0.25) is 0 Å². The Bertz CT molecular complexity index is 1270. The number of anilines is 1. The number of aromatic nitrogens is 4. The molecule has 0 radical (unpaired) electrons. The zero-order chi connectivity index (χ0) is 22.8. The third-order valence-electron chi connectivity index (χ3n) is 5.87. The molecule has 0 aliphatic heterocycles. The number of hydrogen-bond acceptors (Lipinski definition) is 7. The molecule has 2 aromatic heterocycles. The van der Waals surface area contributed by atoms with Crippen molar-refractivity contribution in [3.05, 3.63) is 51.9 Å². The highest BCUT2D eigenvalue weighted by Gasteiger charge is 2.24. The van der Waals surface area contributed by atoms with Crippen LogP contribution in [0.4, 0.5) is 5.95 Å². The van der Waals surface area contributed by atoms with Gasteiger partial charge < -0.3 is 9.47 Å². The fourth-order valence-corrected chi connectivity index (χ4v) is 5.57. The summed E-state index contributed by atoms with van der Waals surface area (Å²) < 4.78 is 12.5. The molecule has 1 amide bonds. The number of benzene rings is 2. The number of rotatable bonds is 6. The molecule has 2 N–H and O–H groups in total. The van der Waals surface area contributed by atoms with E-state index in [-0.39, 0.29) is 5.95 Å². The second-order valence-corrected chi connectivity index (χ2v) is 9.40. The van der Waals surface area contributed by atoms with Crippen molar-refractivity contribution in [3.63, 3.8) is 0 Å². The van der Waals surface area contributed by atoms with Crippen LogP contribution in [0.3, 0.4) is 0 Å². The third-order valence-corrected chi connectivity index (χ3v) is 7.30. The van der Waals surface area contributed by atoms with E-state index in [4.69, 9.17) is 21.1 Å². The zero-order valence-corrected chi connectivity index (χ0v) is 19.5. The minimum absolute atomic E-state index is 0.0795. The highest BCUT2D eigenvalue weighted by atomic mass is 35.5. The predicted octanol–water partition coefficient (Wildman–Crippen LogP) is 6.17. The Kier molecular flexibility index (Phi) is 6.15. The van der Waals surface area contributed by atoms with Gasteiger partial charge in [-0.25, -0.2) is 0 Å². The average Bonchev–Trinajstić information content (AvgIpc) is 3.47. The van der Waals surface area contributed by atoms with E-state index in [0.717, 1.165) is 10.1 Å². The first kappa shape index (κ1) is 21.7. The van der Waals surface area contributed by atoms with Gasteiger partial charge in [0.25, 0.3) is 11.9 Å². The Labute approximate surface area is 199 Å². The molecule has 33 heavy (non-hydrogen) atoms. The predicted molar refractivity (Wildman–Crippen MR) is 128 cm³/mol. The summed E-state index contributed by atoms with van der Waals surface area (Å²) in [4.78, 5) is 13.4. The SMILES string of the molecule is COc1cc2c(Oc3ccc(C4CCCCC4)cc3)c(C(=O)Nc3nn[nH]n3)sc2cc1Cl. The molecule has 170 valence electrons. The van der Waals surface area contributed by atoms with Gasteiger partial charge in [-0.1, -0.05) is 48.1 Å². The van der Waals surface area contributed by atoms with Crippen molar-refractivity contribution in [1.29, 1.82) is 0 Å². The molecule has 1 fully saturated rings. The topological polar surface area (TPSA) is 102 Å². The van der Waals surface area contributed by atoms with Gasteiger partial charge in [-0.2, -0.15) is 5.21 Å². The molecule has 0 spiro atoms. The minimum atomic E-state index is -0.401. The number of halogens is 1. The van der Waals surface area contributed by atoms with E-state index in [2.05, 4.69) is 38.1 Å². The first-order valence-corrected chi connectivity index (χ1v) is 11.9. The average molecular weight is 484 g/mol. The summed E-state index contributed by atoms with van der Waals surface area (Å²) in [7, 11) is 1.55. The number of thiophene rings is 1. The maximum absolute atomic E-state index is 13.0. The van der Waals surface area contributed by atoms with Crippen LogP contribution in [0, 0.1) is 0 Å². The van der Waals surface area contributed by atoms with Gasteiger partial charge >= 0.3 is 0 Å². The fourth-order valence-electron chi connectivity index (χ4n) is 4.22. The molecule has 1 aliphatic rings. The normalized spacial score (nSPS) is 14.4. The molecule has 2 heterocycles. The Hall–Kier alpha value is -3.17. The van der Waals surface area contributed by atoms with Crippen LogP contribution in [0.25, 0.3) is 10.1 Å². The van der Waals surface area contributed by atoms with Crippen LogP contribution in [0.2, 0.25) is 5.02 Å². The number of nitrogens with zero attached hydrogens (tertiary/aromatic N) is 3. The smallest absolute Gasteiger partial charge is 0.272 e. The molecule has 10 heteroatoms. The van der Waals surface area contributed by atoms with Gasteiger partial charge in [-0.3, -0.25) is 10.1 Å². The van der Waals surface area contributed by atoms with Gasteiger partial charge in [0.1, 0.15) is 16.4 Å². The summed E-state index contributed by atoms with van der Waals surface area (Å²) >= 11 is 7.59. The lowest BCUT2D eigenvalue weighted by Crippen LogP contribution is -2.12. The van der Waals surface area contributed by atoms with Crippen molar-refractivity contribution in [2.75, 3.05) is 12.4 Å². The Morgan fingerprint density at radius 1 is 1.18 bits per heavy atom. The molecule has 5 rings (SSSR count). The molecule has 0 atom stereocenters. The standard InChI is InChI=1S/C23H22ClN5O3S/c1-31-18-11-16-19(12-17(18)24)33-21(22(30)25-23-26-28-29-27-23)20(16)32-15-9-7-14(8-10-15)13-5-3-2-4-6-13/h7-13H,2-6H2,1H3,(H2,25,26,27,28,29,30). The Morgan fingerprint density at radius 3 is 2.67 bits per heavy atom. The molecule has 1 aliphatic carbocycles. The molecular formula is C23H22ClN5O3S. The van der Waals surface area contributed by atoms with Crippen molar-refractivity contribution in [3.8, 4) is 17.2 Å². The maximum atomic E-state index is 13.0. The number of fused-ring (bicyclic) bond motifs is 1.